The summed E-state index contributed by atoms with van der Waals surface area (Å²) >= 11 is 0. The van der Waals surface area contributed by atoms with E-state index in [4.69, 9.17) is 5.11 Å². The number of likely N-dealkylation sites (N-methyl/N-ethyl adjacent to an activating group) is 1. The highest BCUT2D eigenvalue weighted by Gasteiger charge is 2.03. The zero-order valence-electron chi connectivity index (χ0n) is 13.8. The van der Waals surface area contributed by atoms with Gasteiger partial charge in [-0.1, -0.05) is 38.7 Å². The van der Waals surface area contributed by atoms with Crippen LogP contribution in [0.1, 0.15) is 58.3 Å². The molecule has 2 N–H and O–H groups in total. The monoisotopic (exact) mass is 298 g/mol. The van der Waals surface area contributed by atoms with E-state index in [1.54, 1.807) is 6.08 Å². The molecule has 4 nitrogen and oxygen atoms in total. The summed E-state index contributed by atoms with van der Waals surface area (Å²) in [6, 6.07) is 0. The average Bonchev–Trinajstić information content (AvgIpc) is 2.50. The highest BCUT2D eigenvalue weighted by molar-refractivity contribution is 5.75. The van der Waals surface area contributed by atoms with Gasteiger partial charge in [0.25, 0.3) is 0 Å². The maximum Gasteiger partial charge on any atom is 0.220 e. The summed E-state index contributed by atoms with van der Waals surface area (Å²) in [5.74, 6) is 0.120. The highest BCUT2D eigenvalue weighted by Crippen LogP contribution is 2.05. The number of amides is 1. The number of hydrogen-bond donors (Lipinski definition) is 2. The molecule has 0 unspecified atom stereocenters. The smallest absolute Gasteiger partial charge is 0.220 e. The van der Waals surface area contributed by atoms with E-state index >= 15 is 0 Å². The molecule has 0 aliphatic heterocycles. The number of nitrogens with zero attached hydrogens (tertiary/aromatic N) is 1. The fourth-order valence-electron chi connectivity index (χ4n) is 2.26. The Labute approximate surface area is 130 Å². The molecule has 0 fully saturated rings. The van der Waals surface area contributed by atoms with Crippen molar-refractivity contribution in [3.05, 3.63) is 12.7 Å². The summed E-state index contributed by atoms with van der Waals surface area (Å²) in [5.41, 5.74) is 0. The van der Waals surface area contributed by atoms with Crippen molar-refractivity contribution in [2.24, 2.45) is 0 Å². The van der Waals surface area contributed by atoms with Gasteiger partial charge in [-0.15, -0.1) is 6.58 Å². The number of nitrogens with one attached hydrogen (secondary N) is 1. The lowest BCUT2D eigenvalue weighted by molar-refractivity contribution is -0.121. The highest BCUT2D eigenvalue weighted by atomic mass is 16.2. The fraction of sp³-hybridized carbons (Fsp3) is 0.824. The molecule has 0 aliphatic carbocycles. The van der Waals surface area contributed by atoms with Crippen LogP contribution in [-0.4, -0.2) is 48.7 Å². The normalized spacial score (nSPS) is 10.8. The van der Waals surface area contributed by atoms with Crippen molar-refractivity contribution in [1.29, 1.82) is 0 Å². The second kappa shape index (κ2) is 15.5. The SMILES string of the molecule is C=CCCC(=O)NCCN(CC)CCCCCCCCO. The lowest BCUT2D eigenvalue weighted by Gasteiger charge is -2.20. The molecule has 0 spiro atoms. The number of aliphatic hydroxyl groups is 1. The van der Waals surface area contributed by atoms with Gasteiger partial charge in [-0.05, 0) is 32.4 Å². The number of aliphatic hydroxyl groups excluding tert-OH is 1. The summed E-state index contributed by atoms with van der Waals surface area (Å²) < 4.78 is 0. The Kier molecular flexibility index (Phi) is 14.9. The van der Waals surface area contributed by atoms with Gasteiger partial charge in [-0.3, -0.25) is 4.79 Å². The molecule has 124 valence electrons. The summed E-state index contributed by atoms with van der Waals surface area (Å²) in [5, 5.41) is 11.7. The van der Waals surface area contributed by atoms with Crippen molar-refractivity contribution in [2.45, 2.75) is 58.3 Å². The first kappa shape index (κ1) is 20.1. The molecule has 4 heteroatoms. The number of rotatable bonds is 15. The van der Waals surface area contributed by atoms with Crippen molar-refractivity contribution in [1.82, 2.24) is 10.2 Å². The molecular formula is C17H34N2O2. The van der Waals surface area contributed by atoms with Gasteiger partial charge in [0.2, 0.25) is 5.91 Å². The first-order valence-corrected chi connectivity index (χ1v) is 8.45. The van der Waals surface area contributed by atoms with Crippen LogP contribution >= 0.6 is 0 Å². The van der Waals surface area contributed by atoms with E-state index in [9.17, 15) is 4.79 Å². The van der Waals surface area contributed by atoms with Crippen molar-refractivity contribution < 1.29 is 9.90 Å². The number of carbonyl (C=O) groups is 1. The molecule has 0 aliphatic rings. The maximum absolute atomic E-state index is 11.5. The van der Waals surface area contributed by atoms with E-state index in [-0.39, 0.29) is 5.91 Å². The summed E-state index contributed by atoms with van der Waals surface area (Å²) in [7, 11) is 0. The van der Waals surface area contributed by atoms with Gasteiger partial charge in [0.05, 0.1) is 0 Å². The number of allylic oxidation sites excluding steroid dienone is 1. The summed E-state index contributed by atoms with van der Waals surface area (Å²) in [6.45, 7) is 9.92. The molecular weight excluding hydrogens is 264 g/mol. The van der Waals surface area contributed by atoms with Crippen molar-refractivity contribution in [3.8, 4) is 0 Å². The Bertz CT molecular complexity index is 257. The largest absolute Gasteiger partial charge is 0.396 e. The van der Waals surface area contributed by atoms with Gasteiger partial charge in [-0.25, -0.2) is 0 Å². The third-order valence-electron chi connectivity index (χ3n) is 3.66. The van der Waals surface area contributed by atoms with E-state index in [1.165, 1.54) is 25.7 Å². The van der Waals surface area contributed by atoms with Gasteiger partial charge in [-0.2, -0.15) is 0 Å². The van der Waals surface area contributed by atoms with Crippen molar-refractivity contribution >= 4 is 5.91 Å². The maximum atomic E-state index is 11.5. The second-order valence-corrected chi connectivity index (χ2v) is 5.46. The van der Waals surface area contributed by atoms with Crippen LogP contribution in [0.15, 0.2) is 12.7 Å². The topological polar surface area (TPSA) is 52.6 Å². The van der Waals surface area contributed by atoms with Crippen LogP contribution in [0.5, 0.6) is 0 Å². The van der Waals surface area contributed by atoms with Crippen LogP contribution in [-0.2, 0) is 4.79 Å². The Morgan fingerprint density at radius 1 is 1.14 bits per heavy atom. The fourth-order valence-corrected chi connectivity index (χ4v) is 2.26. The number of carbonyl (C=O) groups excluding carboxylic acids is 1. The van der Waals surface area contributed by atoms with Crippen molar-refractivity contribution in [3.63, 3.8) is 0 Å². The van der Waals surface area contributed by atoms with E-state index in [0.717, 1.165) is 45.4 Å². The molecule has 21 heavy (non-hydrogen) atoms. The molecule has 1 amide bonds. The van der Waals surface area contributed by atoms with Crippen LogP contribution in [0.4, 0.5) is 0 Å². The van der Waals surface area contributed by atoms with Gasteiger partial charge in [0.1, 0.15) is 0 Å². The van der Waals surface area contributed by atoms with Gasteiger partial charge >= 0.3 is 0 Å². The third-order valence-corrected chi connectivity index (χ3v) is 3.66. The predicted octanol–water partition coefficient (Wildman–Crippen LogP) is 2.72. The van der Waals surface area contributed by atoms with Gasteiger partial charge < -0.3 is 15.3 Å². The van der Waals surface area contributed by atoms with E-state index in [2.05, 4.69) is 23.7 Å². The minimum atomic E-state index is 0.120. The molecule has 0 bridgehead atoms. The molecule has 0 saturated carbocycles. The van der Waals surface area contributed by atoms with E-state index < -0.39 is 0 Å². The Hall–Kier alpha value is -0.870. The predicted molar refractivity (Wildman–Crippen MR) is 89.3 cm³/mol. The zero-order valence-corrected chi connectivity index (χ0v) is 13.8. The second-order valence-electron chi connectivity index (χ2n) is 5.46. The molecule has 0 rings (SSSR count). The molecule has 0 atom stereocenters. The van der Waals surface area contributed by atoms with Crippen LogP contribution in [0, 0.1) is 0 Å². The van der Waals surface area contributed by atoms with Crippen molar-refractivity contribution in [2.75, 3.05) is 32.8 Å². The lowest BCUT2D eigenvalue weighted by atomic mass is 10.1. The number of unbranched alkanes of at least 4 members (excludes halogenated alkanes) is 5. The van der Waals surface area contributed by atoms with Crippen LogP contribution in [0.2, 0.25) is 0 Å². The average molecular weight is 298 g/mol. The quantitative estimate of drug-likeness (QED) is 0.361. The summed E-state index contributed by atoms with van der Waals surface area (Å²) in [4.78, 5) is 13.9. The Morgan fingerprint density at radius 3 is 2.43 bits per heavy atom. The Balaban J connectivity index is 3.49. The minimum Gasteiger partial charge on any atom is -0.396 e. The van der Waals surface area contributed by atoms with Crippen LogP contribution < -0.4 is 5.32 Å². The molecule has 0 aromatic heterocycles. The molecule has 0 heterocycles. The first-order chi connectivity index (χ1) is 10.2. The Morgan fingerprint density at radius 2 is 1.81 bits per heavy atom. The zero-order chi connectivity index (χ0) is 15.8. The summed E-state index contributed by atoms with van der Waals surface area (Å²) in [6.07, 6.45) is 10.1. The first-order valence-electron chi connectivity index (χ1n) is 8.45. The third kappa shape index (κ3) is 13.9. The van der Waals surface area contributed by atoms with E-state index in [1.807, 2.05) is 0 Å². The lowest BCUT2D eigenvalue weighted by Crippen LogP contribution is -2.35. The van der Waals surface area contributed by atoms with Crippen LogP contribution in [0.25, 0.3) is 0 Å². The molecule has 0 saturated heterocycles. The van der Waals surface area contributed by atoms with Crippen LogP contribution in [0.3, 0.4) is 0 Å². The molecule has 0 radical (unpaired) electrons. The molecule has 0 aromatic rings. The standard InChI is InChI=1S/C17H34N2O2/c1-3-5-12-17(21)18-13-15-19(4-2)14-10-8-6-7-9-11-16-20/h3,20H,1,4-16H2,2H3,(H,18,21). The molecule has 0 aromatic carbocycles. The minimum absolute atomic E-state index is 0.120. The van der Waals surface area contributed by atoms with Gasteiger partial charge in [0, 0.05) is 26.1 Å². The number of hydrogen-bond acceptors (Lipinski definition) is 3. The van der Waals surface area contributed by atoms with E-state index in [0.29, 0.717) is 13.0 Å². The van der Waals surface area contributed by atoms with Gasteiger partial charge in [0.15, 0.2) is 0 Å².